The van der Waals surface area contributed by atoms with Crippen molar-refractivity contribution in [2.45, 2.75) is 6.92 Å². The molecule has 0 spiro atoms. The number of piperazine rings is 1. The van der Waals surface area contributed by atoms with Gasteiger partial charge in [-0.25, -0.2) is 4.79 Å². The lowest BCUT2D eigenvalue weighted by Crippen LogP contribution is -2.48. The minimum Gasteiger partial charge on any atom is -0.506 e. The number of benzene rings is 2. The zero-order valence-corrected chi connectivity index (χ0v) is 20.4. The first-order valence-electron chi connectivity index (χ1n) is 11.1. The molecule has 3 aromatic rings. The predicted molar refractivity (Wildman–Crippen MR) is 136 cm³/mol. The number of nitrogens with zero attached hydrogens (tertiary/aromatic N) is 2. The van der Waals surface area contributed by atoms with E-state index in [-0.39, 0.29) is 24.8 Å². The van der Waals surface area contributed by atoms with Gasteiger partial charge < -0.3 is 20.1 Å². The zero-order valence-electron chi connectivity index (χ0n) is 18.8. The molecule has 0 saturated carbocycles. The molecule has 7 nitrogen and oxygen atoms in total. The molecule has 2 aromatic carbocycles. The van der Waals surface area contributed by atoms with E-state index in [1.807, 2.05) is 24.3 Å². The van der Waals surface area contributed by atoms with E-state index in [1.165, 1.54) is 11.3 Å². The van der Waals surface area contributed by atoms with Crippen LogP contribution in [0.2, 0.25) is 5.02 Å². The maximum atomic E-state index is 12.8. The molecule has 1 aliphatic heterocycles. The summed E-state index contributed by atoms with van der Waals surface area (Å²) in [6.45, 7) is 5.00. The zero-order chi connectivity index (χ0) is 24.1. The monoisotopic (exact) mass is 499 g/mol. The molecule has 2 heterocycles. The van der Waals surface area contributed by atoms with Gasteiger partial charge in [-0.2, -0.15) is 0 Å². The Kier molecular flexibility index (Phi) is 7.72. The fourth-order valence-corrected chi connectivity index (χ4v) is 5.00. The van der Waals surface area contributed by atoms with Gasteiger partial charge in [0.25, 0.3) is 0 Å². The number of halogens is 1. The van der Waals surface area contributed by atoms with Gasteiger partial charge >= 0.3 is 5.97 Å². The third-order valence-corrected chi connectivity index (χ3v) is 6.97. The van der Waals surface area contributed by atoms with Gasteiger partial charge in [-0.15, -0.1) is 11.3 Å². The van der Waals surface area contributed by atoms with Crippen LogP contribution >= 0.6 is 22.9 Å². The molecule has 1 fully saturated rings. The number of ether oxygens (including phenoxy) is 1. The summed E-state index contributed by atoms with van der Waals surface area (Å²) >= 11 is 7.27. The molecule has 0 bridgehead atoms. The maximum absolute atomic E-state index is 12.8. The van der Waals surface area contributed by atoms with Crippen molar-refractivity contribution in [3.63, 3.8) is 0 Å². The Labute approximate surface area is 207 Å². The molecule has 2 N–H and O–H groups in total. The van der Waals surface area contributed by atoms with Gasteiger partial charge in [0.1, 0.15) is 10.6 Å². The highest BCUT2D eigenvalue weighted by molar-refractivity contribution is 7.18. The molecule has 0 radical (unpaired) electrons. The number of carbonyl (C=O) groups is 2. The Morgan fingerprint density at radius 3 is 2.47 bits per heavy atom. The number of aromatic hydroxyl groups is 1. The van der Waals surface area contributed by atoms with E-state index >= 15 is 0 Å². The highest BCUT2D eigenvalue weighted by atomic mass is 35.5. The first kappa shape index (κ1) is 24.1. The maximum Gasteiger partial charge on any atom is 0.350 e. The molecule has 1 aliphatic rings. The summed E-state index contributed by atoms with van der Waals surface area (Å²) in [5.41, 5.74) is 2.16. The van der Waals surface area contributed by atoms with Crippen LogP contribution in [0.4, 0.5) is 11.4 Å². The molecule has 1 saturated heterocycles. The smallest absolute Gasteiger partial charge is 0.350 e. The van der Waals surface area contributed by atoms with E-state index in [4.69, 9.17) is 16.3 Å². The quantitative estimate of drug-likeness (QED) is 0.458. The summed E-state index contributed by atoms with van der Waals surface area (Å²) in [4.78, 5) is 30.7. The number of thiophene rings is 1. The highest BCUT2D eigenvalue weighted by Crippen LogP contribution is 2.36. The third-order valence-electron chi connectivity index (χ3n) is 5.56. The van der Waals surface area contributed by atoms with Crippen LogP contribution < -0.4 is 10.2 Å². The van der Waals surface area contributed by atoms with Crippen LogP contribution in [0.25, 0.3) is 10.4 Å². The Bertz CT molecular complexity index is 1160. The molecule has 178 valence electrons. The lowest BCUT2D eigenvalue weighted by atomic mass is 10.2. The van der Waals surface area contributed by atoms with Crippen molar-refractivity contribution < 1.29 is 19.4 Å². The van der Waals surface area contributed by atoms with Crippen molar-refractivity contribution in [1.29, 1.82) is 0 Å². The Hall–Kier alpha value is -3.07. The van der Waals surface area contributed by atoms with Crippen LogP contribution in [0, 0.1) is 0 Å². The summed E-state index contributed by atoms with van der Waals surface area (Å²) in [7, 11) is 0. The van der Waals surface area contributed by atoms with Gasteiger partial charge in [0.2, 0.25) is 5.91 Å². The summed E-state index contributed by atoms with van der Waals surface area (Å²) < 4.78 is 5.19. The number of rotatable bonds is 7. The third kappa shape index (κ3) is 5.70. The topological polar surface area (TPSA) is 82.1 Å². The Morgan fingerprint density at radius 2 is 1.79 bits per heavy atom. The Balaban J connectivity index is 1.41. The van der Waals surface area contributed by atoms with Gasteiger partial charge in [0.05, 0.1) is 24.5 Å². The Morgan fingerprint density at radius 1 is 1.09 bits per heavy atom. The molecule has 0 atom stereocenters. The van der Waals surface area contributed by atoms with E-state index in [0.29, 0.717) is 41.8 Å². The van der Waals surface area contributed by atoms with Crippen molar-refractivity contribution in [1.82, 2.24) is 4.90 Å². The lowest BCUT2D eigenvalue weighted by molar-refractivity contribution is -0.117. The van der Waals surface area contributed by atoms with Crippen LogP contribution in [0.1, 0.15) is 16.6 Å². The fraction of sp³-hybridized carbons (Fsp3) is 0.280. The van der Waals surface area contributed by atoms with Gasteiger partial charge in [-0.1, -0.05) is 35.9 Å². The van der Waals surface area contributed by atoms with Crippen molar-refractivity contribution in [3.05, 3.63) is 64.5 Å². The fourth-order valence-electron chi connectivity index (χ4n) is 3.86. The molecule has 9 heteroatoms. The van der Waals surface area contributed by atoms with E-state index < -0.39 is 5.97 Å². The van der Waals surface area contributed by atoms with Crippen LogP contribution in [0.15, 0.2) is 54.6 Å². The highest BCUT2D eigenvalue weighted by Gasteiger charge is 2.23. The van der Waals surface area contributed by atoms with Gasteiger partial charge in [-0.3, -0.25) is 9.69 Å². The number of hydrogen-bond donors (Lipinski definition) is 2. The number of hydrogen-bond acceptors (Lipinski definition) is 7. The first-order chi connectivity index (χ1) is 16.4. The van der Waals surface area contributed by atoms with Gasteiger partial charge in [0.15, 0.2) is 0 Å². The minimum atomic E-state index is -0.459. The molecule has 0 aliphatic carbocycles. The van der Waals surface area contributed by atoms with Crippen molar-refractivity contribution >= 4 is 46.2 Å². The van der Waals surface area contributed by atoms with Crippen molar-refractivity contribution in [2.75, 3.05) is 49.5 Å². The van der Waals surface area contributed by atoms with E-state index in [1.54, 1.807) is 37.3 Å². The molecule has 34 heavy (non-hydrogen) atoms. The second-order valence-corrected chi connectivity index (χ2v) is 9.37. The number of amides is 1. The van der Waals surface area contributed by atoms with E-state index in [2.05, 4.69) is 15.1 Å². The van der Waals surface area contributed by atoms with E-state index in [9.17, 15) is 14.7 Å². The first-order valence-corrected chi connectivity index (χ1v) is 12.3. The normalized spacial score (nSPS) is 14.1. The van der Waals surface area contributed by atoms with Gasteiger partial charge in [-0.05, 0) is 42.8 Å². The molecular weight excluding hydrogens is 474 g/mol. The van der Waals surface area contributed by atoms with Crippen molar-refractivity contribution in [3.8, 4) is 16.2 Å². The second kappa shape index (κ2) is 10.9. The van der Waals surface area contributed by atoms with Crippen LogP contribution in [-0.4, -0.2) is 61.2 Å². The summed E-state index contributed by atoms with van der Waals surface area (Å²) in [5, 5.41) is 13.6. The molecule has 1 aromatic heterocycles. The van der Waals surface area contributed by atoms with Crippen LogP contribution in [-0.2, 0) is 9.53 Å². The molecule has 4 rings (SSSR count). The molecular formula is C25H26ClN3O4S. The number of nitrogens with one attached hydrogen (secondary N) is 1. The second-order valence-electron chi connectivity index (χ2n) is 7.88. The van der Waals surface area contributed by atoms with Crippen LogP contribution in [0.3, 0.4) is 0 Å². The SMILES string of the molecule is CCOC(=O)c1sc(-c2ccc(Cl)cc2)cc1NC(=O)CN1CCN(c2ccccc2O)CC1. The molecule has 0 unspecified atom stereocenters. The average Bonchev–Trinajstić information content (AvgIpc) is 3.24. The number of para-hydroxylation sites is 2. The largest absolute Gasteiger partial charge is 0.506 e. The van der Waals surface area contributed by atoms with Gasteiger partial charge in [0, 0.05) is 36.1 Å². The standard InChI is InChI=1S/C25H26ClN3O4S/c1-2-33-25(32)24-19(15-22(34-24)17-7-9-18(26)10-8-17)27-23(31)16-28-11-13-29(14-12-28)20-5-3-4-6-21(20)30/h3-10,15,30H,2,11-14,16H2,1H3,(H,27,31). The van der Waals surface area contributed by atoms with Crippen molar-refractivity contribution in [2.24, 2.45) is 0 Å². The molecule has 1 amide bonds. The summed E-state index contributed by atoms with van der Waals surface area (Å²) in [6, 6.07) is 16.4. The summed E-state index contributed by atoms with van der Waals surface area (Å²) in [6.07, 6.45) is 0. The number of phenols is 1. The number of esters is 1. The van der Waals surface area contributed by atoms with Crippen LogP contribution in [0.5, 0.6) is 5.75 Å². The number of phenolic OH excluding ortho intramolecular Hbond substituents is 1. The van der Waals surface area contributed by atoms with E-state index in [0.717, 1.165) is 16.1 Å². The lowest BCUT2D eigenvalue weighted by Gasteiger charge is -2.35. The average molecular weight is 500 g/mol. The predicted octanol–water partition coefficient (Wildman–Crippen LogP) is 4.71. The summed E-state index contributed by atoms with van der Waals surface area (Å²) in [5.74, 6) is -0.393. The number of carbonyl (C=O) groups excluding carboxylic acids is 2. The number of anilines is 2. The minimum absolute atomic E-state index is 0.193.